The van der Waals surface area contributed by atoms with Gasteiger partial charge in [0, 0.05) is 12.6 Å². The molecule has 3 aliphatic rings. The molecule has 0 aromatic heterocycles. The molecular weight excluding hydrogens is 306 g/mol. The first kappa shape index (κ1) is 12.0. The van der Waals surface area contributed by atoms with Crippen molar-refractivity contribution in [3.05, 3.63) is 22.2 Å². The highest BCUT2D eigenvalue weighted by Gasteiger charge is 2.39. The van der Waals surface area contributed by atoms with Crippen LogP contribution in [0.1, 0.15) is 31.2 Å². The number of rotatable bonds is 3. The lowest BCUT2D eigenvalue weighted by Crippen LogP contribution is -2.33. The van der Waals surface area contributed by atoms with Crippen LogP contribution in [0.4, 0.5) is 0 Å². The lowest BCUT2D eigenvalue weighted by Gasteiger charge is -2.23. The van der Waals surface area contributed by atoms with E-state index in [0.717, 1.165) is 40.4 Å². The standard InChI is InChI=1S/C15H18BrNO2/c16-12-4-10(6-14-15(12)19-8-18-14)7-17-13-5-9-1-2-11(13)3-9/h4,6,9,11,13,17H,1-3,5,7-8H2. The van der Waals surface area contributed by atoms with Crippen LogP contribution in [0.25, 0.3) is 0 Å². The molecule has 19 heavy (non-hydrogen) atoms. The Morgan fingerprint density at radius 2 is 2.16 bits per heavy atom. The van der Waals surface area contributed by atoms with Crippen LogP contribution < -0.4 is 14.8 Å². The maximum atomic E-state index is 5.46. The summed E-state index contributed by atoms with van der Waals surface area (Å²) in [6.07, 6.45) is 5.70. The molecule has 1 heterocycles. The molecule has 4 rings (SSSR count). The Labute approximate surface area is 121 Å². The van der Waals surface area contributed by atoms with Crippen LogP contribution in [0.3, 0.4) is 0 Å². The number of fused-ring (bicyclic) bond motifs is 3. The van der Waals surface area contributed by atoms with Crippen molar-refractivity contribution in [2.24, 2.45) is 11.8 Å². The minimum absolute atomic E-state index is 0.331. The van der Waals surface area contributed by atoms with Gasteiger partial charge in [0.25, 0.3) is 0 Å². The summed E-state index contributed by atoms with van der Waals surface area (Å²) in [6, 6.07) is 4.95. The summed E-state index contributed by atoms with van der Waals surface area (Å²) in [6.45, 7) is 1.25. The first-order chi connectivity index (χ1) is 9.29. The second-order valence-corrected chi connectivity index (χ2v) is 6.83. The number of ether oxygens (including phenoxy) is 2. The van der Waals surface area contributed by atoms with Gasteiger partial charge < -0.3 is 14.8 Å². The van der Waals surface area contributed by atoms with E-state index >= 15 is 0 Å². The zero-order valence-electron chi connectivity index (χ0n) is 10.8. The van der Waals surface area contributed by atoms with Crippen molar-refractivity contribution in [1.82, 2.24) is 5.32 Å². The smallest absolute Gasteiger partial charge is 0.231 e. The van der Waals surface area contributed by atoms with Crippen LogP contribution in [0.2, 0.25) is 0 Å². The largest absolute Gasteiger partial charge is 0.454 e. The predicted molar refractivity (Wildman–Crippen MR) is 76.3 cm³/mol. The first-order valence-corrected chi connectivity index (χ1v) is 7.90. The summed E-state index contributed by atoms with van der Waals surface area (Å²) >= 11 is 3.55. The Morgan fingerprint density at radius 1 is 1.21 bits per heavy atom. The van der Waals surface area contributed by atoms with Crippen molar-refractivity contribution in [3.63, 3.8) is 0 Å². The van der Waals surface area contributed by atoms with Crippen molar-refractivity contribution in [1.29, 1.82) is 0 Å². The van der Waals surface area contributed by atoms with Crippen molar-refractivity contribution >= 4 is 15.9 Å². The Balaban J connectivity index is 1.44. The molecule has 0 radical (unpaired) electrons. The summed E-state index contributed by atoms with van der Waals surface area (Å²) < 4.78 is 11.9. The molecule has 3 atom stereocenters. The SMILES string of the molecule is Brc1cc(CNC2CC3CCC2C3)cc2c1OCO2. The molecule has 2 saturated carbocycles. The fourth-order valence-corrected chi connectivity index (χ4v) is 4.47. The highest BCUT2D eigenvalue weighted by Crippen LogP contribution is 2.45. The van der Waals surface area contributed by atoms with Crippen molar-refractivity contribution in [3.8, 4) is 11.5 Å². The van der Waals surface area contributed by atoms with Crippen LogP contribution in [-0.4, -0.2) is 12.8 Å². The molecule has 1 aromatic carbocycles. The zero-order valence-corrected chi connectivity index (χ0v) is 12.4. The van der Waals surface area contributed by atoms with Crippen LogP contribution >= 0.6 is 15.9 Å². The van der Waals surface area contributed by atoms with Crippen molar-refractivity contribution < 1.29 is 9.47 Å². The third-order valence-corrected chi connectivity index (χ3v) is 5.38. The van der Waals surface area contributed by atoms with Gasteiger partial charge in [-0.1, -0.05) is 6.42 Å². The molecule has 1 aliphatic heterocycles. The quantitative estimate of drug-likeness (QED) is 0.924. The van der Waals surface area contributed by atoms with Crippen LogP contribution in [0.5, 0.6) is 11.5 Å². The maximum absolute atomic E-state index is 5.46. The van der Waals surface area contributed by atoms with Gasteiger partial charge in [-0.3, -0.25) is 0 Å². The van der Waals surface area contributed by atoms with Gasteiger partial charge in [-0.2, -0.15) is 0 Å². The molecule has 1 aromatic rings. The highest BCUT2D eigenvalue weighted by molar-refractivity contribution is 9.10. The zero-order chi connectivity index (χ0) is 12.8. The van der Waals surface area contributed by atoms with Crippen LogP contribution in [-0.2, 0) is 6.54 Å². The van der Waals surface area contributed by atoms with Gasteiger partial charge in [-0.15, -0.1) is 0 Å². The summed E-state index contributed by atoms with van der Waals surface area (Å²) in [5.41, 5.74) is 1.26. The van der Waals surface area contributed by atoms with Crippen LogP contribution in [0.15, 0.2) is 16.6 Å². The van der Waals surface area contributed by atoms with Crippen LogP contribution in [0, 0.1) is 11.8 Å². The van der Waals surface area contributed by atoms with E-state index in [1.165, 1.54) is 31.2 Å². The second-order valence-electron chi connectivity index (χ2n) is 5.97. The van der Waals surface area contributed by atoms with Gasteiger partial charge >= 0.3 is 0 Å². The van der Waals surface area contributed by atoms with Gasteiger partial charge in [-0.05, 0) is 64.7 Å². The normalized spacial score (nSPS) is 31.1. The molecule has 3 unspecified atom stereocenters. The molecular formula is C15H18BrNO2. The van der Waals surface area contributed by atoms with Gasteiger partial charge in [-0.25, -0.2) is 0 Å². The van der Waals surface area contributed by atoms with E-state index in [9.17, 15) is 0 Å². The third kappa shape index (κ3) is 2.15. The molecule has 102 valence electrons. The van der Waals surface area contributed by atoms with Gasteiger partial charge in [0.2, 0.25) is 6.79 Å². The molecule has 0 saturated heterocycles. The third-order valence-electron chi connectivity index (χ3n) is 4.79. The summed E-state index contributed by atoms with van der Waals surface area (Å²) in [5.74, 6) is 3.61. The average molecular weight is 324 g/mol. The first-order valence-electron chi connectivity index (χ1n) is 7.11. The van der Waals surface area contributed by atoms with E-state index < -0.39 is 0 Å². The summed E-state index contributed by atoms with van der Waals surface area (Å²) in [5, 5.41) is 3.73. The Kier molecular flexibility index (Phi) is 2.96. The monoisotopic (exact) mass is 323 g/mol. The Morgan fingerprint density at radius 3 is 2.95 bits per heavy atom. The molecule has 4 heteroatoms. The molecule has 2 bridgehead atoms. The van der Waals surface area contributed by atoms with E-state index in [1.807, 2.05) is 0 Å². The van der Waals surface area contributed by atoms with Crippen molar-refractivity contribution in [2.75, 3.05) is 6.79 Å². The molecule has 1 N–H and O–H groups in total. The minimum atomic E-state index is 0.331. The summed E-state index contributed by atoms with van der Waals surface area (Å²) in [4.78, 5) is 0. The molecule has 0 amide bonds. The van der Waals surface area contributed by atoms with E-state index in [2.05, 4.69) is 33.4 Å². The fourth-order valence-electron chi connectivity index (χ4n) is 3.87. The lowest BCUT2D eigenvalue weighted by molar-refractivity contribution is 0.173. The topological polar surface area (TPSA) is 30.5 Å². The summed E-state index contributed by atoms with van der Waals surface area (Å²) in [7, 11) is 0. The van der Waals surface area contributed by atoms with Gasteiger partial charge in [0.1, 0.15) is 0 Å². The van der Waals surface area contributed by atoms with E-state index in [4.69, 9.17) is 9.47 Å². The maximum Gasteiger partial charge on any atom is 0.231 e. The Hall–Kier alpha value is -0.740. The lowest BCUT2D eigenvalue weighted by atomic mass is 9.95. The predicted octanol–water partition coefficient (Wildman–Crippen LogP) is 3.46. The van der Waals surface area contributed by atoms with Gasteiger partial charge in [0.05, 0.1) is 4.47 Å². The number of hydrogen-bond donors (Lipinski definition) is 1. The second kappa shape index (κ2) is 4.67. The van der Waals surface area contributed by atoms with Crippen molar-refractivity contribution in [2.45, 2.75) is 38.3 Å². The number of halogens is 1. The number of benzene rings is 1. The average Bonchev–Trinajstić information content (AvgIpc) is 3.11. The molecule has 0 spiro atoms. The van der Waals surface area contributed by atoms with Gasteiger partial charge in [0.15, 0.2) is 11.5 Å². The Bertz CT molecular complexity index is 505. The molecule has 3 nitrogen and oxygen atoms in total. The minimum Gasteiger partial charge on any atom is -0.454 e. The van der Waals surface area contributed by atoms with E-state index in [-0.39, 0.29) is 0 Å². The van der Waals surface area contributed by atoms with E-state index in [1.54, 1.807) is 0 Å². The fraction of sp³-hybridized carbons (Fsp3) is 0.600. The number of hydrogen-bond acceptors (Lipinski definition) is 3. The number of nitrogens with one attached hydrogen (secondary N) is 1. The highest BCUT2D eigenvalue weighted by atomic mass is 79.9. The molecule has 2 aliphatic carbocycles. The van der Waals surface area contributed by atoms with E-state index in [0.29, 0.717) is 6.79 Å². The molecule has 2 fully saturated rings.